The van der Waals surface area contributed by atoms with E-state index in [2.05, 4.69) is 15.3 Å². The Labute approximate surface area is 231 Å². The van der Waals surface area contributed by atoms with Gasteiger partial charge in [0.1, 0.15) is 11.9 Å². The minimum Gasteiger partial charge on any atom is -0.478 e. The van der Waals surface area contributed by atoms with Gasteiger partial charge in [-0.1, -0.05) is 23.7 Å². The number of likely N-dealkylation sites (tertiary alicyclic amines) is 1. The number of alkyl halides is 2. The normalized spacial score (nSPS) is 21.8. The number of rotatable bonds is 8. The maximum absolute atomic E-state index is 14.8. The maximum Gasteiger partial charge on any atom is 0.338 e. The van der Waals surface area contributed by atoms with Crippen LogP contribution in [0.4, 0.5) is 13.2 Å². The minimum absolute atomic E-state index is 0.0240. The minimum atomic E-state index is -3.09. The molecular weight excluding hydrogens is 557 g/mol. The van der Waals surface area contributed by atoms with Gasteiger partial charge < -0.3 is 15.2 Å². The number of aromatic nitrogens is 1. The number of aliphatic imine (C=N–C) groups is 1. The van der Waals surface area contributed by atoms with Crippen molar-refractivity contribution in [2.24, 2.45) is 10.9 Å². The monoisotopic (exact) mass is 582 g/mol. The smallest absolute Gasteiger partial charge is 0.338 e. The van der Waals surface area contributed by atoms with Crippen molar-refractivity contribution < 1.29 is 32.6 Å². The zero-order valence-corrected chi connectivity index (χ0v) is 22.7. The average molecular weight is 583 g/mol. The first-order valence-electron chi connectivity index (χ1n) is 12.1. The number of aliphatic carboxylic acids is 1. The molecule has 2 aromatic rings. The molecule has 8 nitrogen and oxygen atoms in total. The number of ether oxygens (including phenoxy) is 1. The number of carboxylic acids is 1. The zero-order valence-electron chi connectivity index (χ0n) is 21.1. The third-order valence-corrected chi connectivity index (χ3v) is 7.33. The van der Waals surface area contributed by atoms with Gasteiger partial charge in [-0.15, -0.1) is 11.3 Å². The van der Waals surface area contributed by atoms with E-state index in [4.69, 9.17) is 16.3 Å². The van der Waals surface area contributed by atoms with Crippen molar-refractivity contribution in [1.29, 1.82) is 0 Å². The van der Waals surface area contributed by atoms with Crippen LogP contribution in [-0.2, 0) is 14.3 Å². The number of halogens is 4. The predicted molar refractivity (Wildman–Crippen MR) is 140 cm³/mol. The van der Waals surface area contributed by atoms with Gasteiger partial charge in [0.05, 0.1) is 18.7 Å². The van der Waals surface area contributed by atoms with Crippen molar-refractivity contribution in [3.05, 3.63) is 74.1 Å². The second-order valence-electron chi connectivity index (χ2n) is 9.27. The SMILES string of the molecule is CCOC(=O)C1=C(CN2CC(/C=C(\C)C(=O)O)CC(F)(F)C2)NC(c2nccs2)=NC1c1ccc(F)cc1Cl. The Bertz CT molecular complexity index is 1350. The number of carboxylic acid groups (broad SMARTS) is 1. The number of esters is 1. The average Bonchev–Trinajstić information content (AvgIpc) is 3.38. The highest BCUT2D eigenvalue weighted by molar-refractivity contribution is 7.11. The standard InChI is InChI=1S/C26H26ClF3N4O4S/c1-3-38-25(37)20-19(12-34-11-15(8-14(2)24(35)36)10-26(29,30)13-34)32-22(23-31-6-7-39-23)33-21(20)17-5-4-16(28)9-18(17)27/h4-9,15,21H,3,10-13H2,1-2H3,(H,32,33)(H,35,36)/b14-8+. The summed E-state index contributed by atoms with van der Waals surface area (Å²) in [5.74, 6) is -6.01. The molecule has 4 rings (SSSR count). The summed E-state index contributed by atoms with van der Waals surface area (Å²) in [6.45, 7) is 2.44. The highest BCUT2D eigenvalue weighted by Gasteiger charge is 2.41. The molecule has 1 aromatic carbocycles. The molecule has 0 aliphatic carbocycles. The van der Waals surface area contributed by atoms with E-state index >= 15 is 0 Å². The number of hydrogen-bond donors (Lipinski definition) is 2. The molecule has 39 heavy (non-hydrogen) atoms. The van der Waals surface area contributed by atoms with Crippen LogP contribution >= 0.6 is 22.9 Å². The molecule has 2 N–H and O–H groups in total. The maximum atomic E-state index is 14.8. The van der Waals surface area contributed by atoms with E-state index in [1.54, 1.807) is 18.5 Å². The highest BCUT2D eigenvalue weighted by Crippen LogP contribution is 2.38. The summed E-state index contributed by atoms with van der Waals surface area (Å²) in [5.41, 5.74) is 0.614. The lowest BCUT2D eigenvalue weighted by atomic mass is 9.92. The van der Waals surface area contributed by atoms with Gasteiger partial charge in [-0.05, 0) is 31.9 Å². The molecule has 1 saturated heterocycles. The van der Waals surface area contributed by atoms with E-state index in [1.807, 2.05) is 0 Å². The summed E-state index contributed by atoms with van der Waals surface area (Å²) in [6, 6.07) is 2.68. The lowest BCUT2D eigenvalue weighted by Gasteiger charge is -2.38. The third-order valence-electron chi connectivity index (χ3n) is 6.23. The number of nitrogens with one attached hydrogen (secondary N) is 1. The van der Waals surface area contributed by atoms with E-state index < -0.39 is 48.6 Å². The van der Waals surface area contributed by atoms with E-state index in [0.29, 0.717) is 16.4 Å². The van der Waals surface area contributed by atoms with Crippen LogP contribution in [-0.4, -0.2) is 64.9 Å². The summed E-state index contributed by atoms with van der Waals surface area (Å²) in [6.07, 6.45) is 2.41. The summed E-state index contributed by atoms with van der Waals surface area (Å²) in [5, 5.41) is 14.6. The molecule has 0 amide bonds. The van der Waals surface area contributed by atoms with Crippen molar-refractivity contribution in [3.8, 4) is 0 Å². The molecule has 0 radical (unpaired) electrons. The Morgan fingerprint density at radius 1 is 1.38 bits per heavy atom. The zero-order chi connectivity index (χ0) is 28.3. The highest BCUT2D eigenvalue weighted by atomic mass is 35.5. The lowest BCUT2D eigenvalue weighted by Crippen LogP contribution is -2.49. The Morgan fingerprint density at radius 3 is 2.79 bits per heavy atom. The fourth-order valence-corrected chi connectivity index (χ4v) is 5.54. The number of carbonyl (C=O) groups excluding carboxylic acids is 1. The molecule has 208 valence electrons. The molecule has 3 heterocycles. The summed E-state index contributed by atoms with van der Waals surface area (Å²) >= 11 is 7.65. The van der Waals surface area contributed by atoms with Gasteiger partial charge in [0.15, 0.2) is 10.8 Å². The van der Waals surface area contributed by atoms with E-state index in [0.717, 1.165) is 6.07 Å². The number of thiazole rings is 1. The van der Waals surface area contributed by atoms with E-state index in [9.17, 15) is 27.9 Å². The first-order valence-corrected chi connectivity index (χ1v) is 13.3. The van der Waals surface area contributed by atoms with Gasteiger partial charge in [0, 0.05) is 52.9 Å². The first-order chi connectivity index (χ1) is 18.5. The van der Waals surface area contributed by atoms with Crippen molar-refractivity contribution in [3.63, 3.8) is 0 Å². The molecule has 2 unspecified atom stereocenters. The van der Waals surface area contributed by atoms with Crippen LogP contribution in [0.1, 0.15) is 36.9 Å². The number of benzene rings is 1. The molecule has 0 saturated carbocycles. The number of amidine groups is 1. The summed E-state index contributed by atoms with van der Waals surface area (Å²) in [4.78, 5) is 34.9. The Balaban J connectivity index is 1.78. The molecule has 13 heteroatoms. The molecule has 2 aliphatic heterocycles. The fraction of sp³-hybridized carbons (Fsp3) is 0.385. The Morgan fingerprint density at radius 2 is 2.15 bits per heavy atom. The molecule has 0 spiro atoms. The number of carbonyl (C=O) groups is 2. The van der Waals surface area contributed by atoms with Crippen LogP contribution in [0, 0.1) is 11.7 Å². The molecule has 1 aromatic heterocycles. The van der Waals surface area contributed by atoms with E-state index in [-0.39, 0.29) is 41.6 Å². The summed E-state index contributed by atoms with van der Waals surface area (Å²) < 4.78 is 48.7. The van der Waals surface area contributed by atoms with Crippen molar-refractivity contribution >= 4 is 40.7 Å². The van der Waals surface area contributed by atoms with Gasteiger partial charge in [-0.25, -0.2) is 27.7 Å². The largest absolute Gasteiger partial charge is 0.478 e. The van der Waals surface area contributed by atoms with Crippen molar-refractivity contribution in [2.75, 3.05) is 26.2 Å². The molecule has 2 atom stereocenters. The third kappa shape index (κ3) is 6.87. The van der Waals surface area contributed by atoms with Gasteiger partial charge in [0.2, 0.25) is 0 Å². The lowest BCUT2D eigenvalue weighted by molar-refractivity contribution is -0.139. The van der Waals surface area contributed by atoms with Crippen LogP contribution in [0.2, 0.25) is 5.02 Å². The molecule has 1 fully saturated rings. The second kappa shape index (κ2) is 11.9. The molecule has 0 bridgehead atoms. The van der Waals surface area contributed by atoms with Gasteiger partial charge in [0.25, 0.3) is 5.92 Å². The van der Waals surface area contributed by atoms with Crippen molar-refractivity contribution in [1.82, 2.24) is 15.2 Å². The number of piperidine rings is 1. The van der Waals surface area contributed by atoms with Crippen LogP contribution in [0.3, 0.4) is 0 Å². The van der Waals surface area contributed by atoms with Gasteiger partial charge in [-0.3, -0.25) is 9.89 Å². The topological polar surface area (TPSA) is 104 Å². The van der Waals surface area contributed by atoms with Crippen LogP contribution in [0.15, 0.2) is 57.7 Å². The van der Waals surface area contributed by atoms with Crippen molar-refractivity contribution in [2.45, 2.75) is 32.2 Å². The quantitative estimate of drug-likeness (QED) is 0.339. The summed E-state index contributed by atoms with van der Waals surface area (Å²) in [7, 11) is 0. The molecule has 2 aliphatic rings. The van der Waals surface area contributed by atoms with Crippen LogP contribution < -0.4 is 5.32 Å². The second-order valence-corrected chi connectivity index (χ2v) is 10.6. The fourth-order valence-electron chi connectivity index (χ4n) is 4.68. The predicted octanol–water partition coefficient (Wildman–Crippen LogP) is 4.83. The van der Waals surface area contributed by atoms with Crippen LogP contribution in [0.5, 0.6) is 0 Å². The van der Waals surface area contributed by atoms with E-state index in [1.165, 1.54) is 41.4 Å². The number of hydrogen-bond acceptors (Lipinski definition) is 8. The van der Waals surface area contributed by atoms with Gasteiger partial charge in [-0.2, -0.15) is 0 Å². The number of nitrogens with zero attached hydrogens (tertiary/aromatic N) is 3. The molecular formula is C26H26ClF3N4O4S. The van der Waals surface area contributed by atoms with Crippen LogP contribution in [0.25, 0.3) is 0 Å². The first kappa shape index (κ1) is 28.8. The van der Waals surface area contributed by atoms with Gasteiger partial charge >= 0.3 is 11.9 Å². The Kier molecular flexibility index (Phi) is 8.77. The Hall–Kier alpha value is -3.22.